The highest BCUT2D eigenvalue weighted by Crippen LogP contribution is 2.15. The normalized spacial score (nSPS) is 11.6. The van der Waals surface area contributed by atoms with E-state index in [1.54, 1.807) is 0 Å². The summed E-state index contributed by atoms with van der Waals surface area (Å²) in [5.41, 5.74) is 4.50. The highest BCUT2D eigenvalue weighted by atomic mass is 32.2. The molecule has 0 radical (unpaired) electrons. The lowest BCUT2D eigenvalue weighted by atomic mass is 10.2. The van der Waals surface area contributed by atoms with Gasteiger partial charge < -0.3 is 5.32 Å². The van der Waals surface area contributed by atoms with E-state index in [-0.39, 0.29) is 11.3 Å². The van der Waals surface area contributed by atoms with Crippen LogP contribution in [0.15, 0.2) is 90.0 Å². The lowest BCUT2D eigenvalue weighted by Crippen LogP contribution is -2.47. The van der Waals surface area contributed by atoms with Gasteiger partial charge in [-0.05, 0) is 23.3 Å². The Labute approximate surface area is 195 Å². The van der Waals surface area contributed by atoms with Crippen LogP contribution in [0, 0.1) is 10.1 Å². The molecule has 1 atom stereocenters. The average Bonchev–Trinajstić information content (AvgIpc) is 2.84. The van der Waals surface area contributed by atoms with Crippen LogP contribution in [-0.4, -0.2) is 34.7 Å². The molecule has 0 aliphatic rings. The molecule has 3 aromatic carbocycles. The molecule has 0 aliphatic heterocycles. The van der Waals surface area contributed by atoms with Gasteiger partial charge in [0.25, 0.3) is 17.5 Å². The van der Waals surface area contributed by atoms with Gasteiger partial charge in [-0.2, -0.15) is 16.9 Å². The third kappa shape index (κ3) is 7.58. The van der Waals surface area contributed by atoms with E-state index in [9.17, 15) is 19.7 Å². The van der Waals surface area contributed by atoms with Crippen molar-refractivity contribution in [3.8, 4) is 0 Å². The molecule has 0 aliphatic carbocycles. The molecule has 168 valence electrons. The Hall–Kier alpha value is -3.98. The molecule has 0 heterocycles. The zero-order valence-corrected chi connectivity index (χ0v) is 18.4. The second-order valence-electron chi connectivity index (χ2n) is 6.98. The number of nitro benzene ring substituents is 1. The van der Waals surface area contributed by atoms with Crippen LogP contribution >= 0.6 is 11.8 Å². The van der Waals surface area contributed by atoms with E-state index >= 15 is 0 Å². The molecule has 0 saturated carbocycles. The molecule has 8 nitrogen and oxygen atoms in total. The Bertz CT molecular complexity index is 1110. The maximum absolute atomic E-state index is 12.7. The number of benzene rings is 3. The Morgan fingerprint density at radius 3 is 2.24 bits per heavy atom. The molecule has 1 unspecified atom stereocenters. The van der Waals surface area contributed by atoms with Crippen molar-refractivity contribution in [2.45, 2.75) is 11.8 Å². The predicted octanol–water partition coefficient (Wildman–Crippen LogP) is 3.78. The Kier molecular flexibility index (Phi) is 8.72. The molecule has 0 aromatic heterocycles. The van der Waals surface area contributed by atoms with Crippen molar-refractivity contribution in [3.05, 3.63) is 112 Å². The SMILES string of the molecule is O=C(NC(CSCc1ccccc1)C(=O)N/N=C/c1ccccc1)c1ccc([N+](=O)[O-])cc1. The molecule has 33 heavy (non-hydrogen) atoms. The van der Waals surface area contributed by atoms with Crippen LogP contribution in [0.25, 0.3) is 0 Å². The standard InChI is InChI=1S/C24H22N4O4S/c29-23(20-11-13-21(14-12-20)28(31)32)26-22(17-33-16-19-9-5-2-6-10-19)24(30)27-25-15-18-7-3-1-4-8-18/h1-15,22H,16-17H2,(H,26,29)(H,27,30)/b25-15+. The Morgan fingerprint density at radius 1 is 0.970 bits per heavy atom. The van der Waals surface area contributed by atoms with Crippen molar-refractivity contribution in [1.82, 2.24) is 10.7 Å². The number of carbonyl (C=O) groups excluding carboxylic acids is 2. The smallest absolute Gasteiger partial charge is 0.269 e. The zero-order chi connectivity index (χ0) is 23.5. The number of nitrogens with zero attached hydrogens (tertiary/aromatic N) is 2. The van der Waals surface area contributed by atoms with Crippen molar-refractivity contribution in [3.63, 3.8) is 0 Å². The number of thioether (sulfide) groups is 1. The number of non-ortho nitro benzene ring substituents is 1. The topological polar surface area (TPSA) is 114 Å². The van der Waals surface area contributed by atoms with Crippen LogP contribution < -0.4 is 10.7 Å². The quantitative estimate of drug-likeness (QED) is 0.270. The zero-order valence-electron chi connectivity index (χ0n) is 17.6. The summed E-state index contributed by atoms with van der Waals surface area (Å²) >= 11 is 1.50. The van der Waals surface area contributed by atoms with Gasteiger partial charge in [0.15, 0.2) is 0 Å². The molecular formula is C24H22N4O4S. The second kappa shape index (κ2) is 12.2. The molecule has 0 spiro atoms. The first kappa shape index (κ1) is 23.7. The van der Waals surface area contributed by atoms with Gasteiger partial charge in [-0.25, -0.2) is 5.43 Å². The van der Waals surface area contributed by atoms with E-state index < -0.39 is 22.8 Å². The highest BCUT2D eigenvalue weighted by Gasteiger charge is 2.22. The van der Waals surface area contributed by atoms with Crippen molar-refractivity contribution in [2.75, 3.05) is 5.75 Å². The van der Waals surface area contributed by atoms with Gasteiger partial charge >= 0.3 is 0 Å². The minimum Gasteiger partial charge on any atom is -0.339 e. The number of hydrazone groups is 1. The molecule has 0 bridgehead atoms. The number of amides is 2. The first-order chi connectivity index (χ1) is 16.0. The van der Waals surface area contributed by atoms with Gasteiger partial charge in [0.05, 0.1) is 11.1 Å². The number of hydrogen-bond acceptors (Lipinski definition) is 6. The first-order valence-corrected chi connectivity index (χ1v) is 11.2. The van der Waals surface area contributed by atoms with Crippen LogP contribution in [0.2, 0.25) is 0 Å². The van der Waals surface area contributed by atoms with Crippen molar-refractivity contribution in [1.29, 1.82) is 0 Å². The van der Waals surface area contributed by atoms with E-state index in [2.05, 4.69) is 15.8 Å². The summed E-state index contributed by atoms with van der Waals surface area (Å²) in [6, 6.07) is 23.4. The number of carbonyl (C=O) groups is 2. The molecule has 3 rings (SSSR count). The Morgan fingerprint density at radius 2 is 1.61 bits per heavy atom. The fourth-order valence-electron chi connectivity index (χ4n) is 2.82. The number of hydrogen-bond donors (Lipinski definition) is 2. The van der Waals surface area contributed by atoms with E-state index in [1.807, 2.05) is 60.7 Å². The summed E-state index contributed by atoms with van der Waals surface area (Å²) in [7, 11) is 0. The van der Waals surface area contributed by atoms with Crippen molar-refractivity contribution >= 4 is 35.5 Å². The molecule has 3 aromatic rings. The first-order valence-electron chi connectivity index (χ1n) is 10.1. The third-order valence-electron chi connectivity index (χ3n) is 4.55. The molecule has 2 amide bonds. The van der Waals surface area contributed by atoms with E-state index in [0.717, 1.165) is 11.1 Å². The van der Waals surface area contributed by atoms with E-state index in [4.69, 9.17) is 0 Å². The molecule has 2 N–H and O–H groups in total. The fraction of sp³-hybridized carbons (Fsp3) is 0.125. The minimum absolute atomic E-state index is 0.116. The fourth-order valence-corrected chi connectivity index (χ4v) is 3.83. The lowest BCUT2D eigenvalue weighted by Gasteiger charge is -2.17. The van der Waals surface area contributed by atoms with E-state index in [0.29, 0.717) is 11.5 Å². The summed E-state index contributed by atoms with van der Waals surface area (Å²) in [6.07, 6.45) is 1.52. The molecular weight excluding hydrogens is 440 g/mol. The lowest BCUT2D eigenvalue weighted by molar-refractivity contribution is -0.384. The predicted molar refractivity (Wildman–Crippen MR) is 129 cm³/mol. The van der Waals surface area contributed by atoms with Gasteiger partial charge in [0.2, 0.25) is 0 Å². The van der Waals surface area contributed by atoms with Crippen LogP contribution in [-0.2, 0) is 10.5 Å². The second-order valence-corrected chi connectivity index (χ2v) is 8.01. The van der Waals surface area contributed by atoms with Crippen molar-refractivity contribution < 1.29 is 14.5 Å². The molecule has 9 heteroatoms. The minimum atomic E-state index is -0.852. The van der Waals surface area contributed by atoms with Crippen LogP contribution in [0.4, 0.5) is 5.69 Å². The van der Waals surface area contributed by atoms with Gasteiger partial charge in [-0.15, -0.1) is 0 Å². The summed E-state index contributed by atoms with van der Waals surface area (Å²) in [6.45, 7) is 0. The maximum Gasteiger partial charge on any atom is 0.269 e. The molecule has 0 saturated heterocycles. The molecule has 0 fully saturated rings. The highest BCUT2D eigenvalue weighted by molar-refractivity contribution is 7.98. The Balaban J connectivity index is 1.65. The van der Waals surface area contributed by atoms with Crippen LogP contribution in [0.3, 0.4) is 0 Å². The summed E-state index contributed by atoms with van der Waals surface area (Å²) in [5, 5.41) is 17.5. The van der Waals surface area contributed by atoms with Crippen molar-refractivity contribution in [2.24, 2.45) is 5.10 Å². The summed E-state index contributed by atoms with van der Waals surface area (Å²) in [4.78, 5) is 35.7. The monoisotopic (exact) mass is 462 g/mol. The van der Waals surface area contributed by atoms with Crippen LogP contribution in [0.1, 0.15) is 21.5 Å². The van der Waals surface area contributed by atoms with Gasteiger partial charge in [-0.3, -0.25) is 19.7 Å². The average molecular weight is 463 g/mol. The van der Waals surface area contributed by atoms with Gasteiger partial charge in [0.1, 0.15) is 6.04 Å². The summed E-state index contributed by atoms with van der Waals surface area (Å²) in [5.74, 6) is 0.0291. The third-order valence-corrected chi connectivity index (χ3v) is 5.65. The van der Waals surface area contributed by atoms with Gasteiger partial charge in [0, 0.05) is 29.2 Å². The number of rotatable bonds is 10. The number of nitrogens with one attached hydrogen (secondary N) is 2. The maximum atomic E-state index is 12.7. The van der Waals surface area contributed by atoms with Gasteiger partial charge in [-0.1, -0.05) is 60.7 Å². The largest absolute Gasteiger partial charge is 0.339 e. The van der Waals surface area contributed by atoms with E-state index in [1.165, 1.54) is 42.2 Å². The van der Waals surface area contributed by atoms with Crippen LogP contribution in [0.5, 0.6) is 0 Å². The number of nitro groups is 1. The summed E-state index contributed by atoms with van der Waals surface area (Å²) < 4.78 is 0.